The molecule has 0 radical (unpaired) electrons. The first kappa shape index (κ1) is 22.5. The Bertz CT molecular complexity index is 1250. The van der Waals surface area contributed by atoms with Gasteiger partial charge >= 0.3 is 0 Å². The van der Waals surface area contributed by atoms with Gasteiger partial charge in [0.05, 0.1) is 9.83 Å². The molecule has 33 heavy (non-hydrogen) atoms. The molecular weight excluding hydrogens is 438 g/mol. The van der Waals surface area contributed by atoms with E-state index in [2.05, 4.69) is 0 Å². The summed E-state index contributed by atoms with van der Waals surface area (Å²) in [6.07, 6.45) is 3.27. The Balaban J connectivity index is 1.50. The van der Waals surface area contributed by atoms with Crippen molar-refractivity contribution in [1.29, 1.82) is 0 Å². The summed E-state index contributed by atoms with van der Waals surface area (Å²) >= 11 is 0.962. The lowest BCUT2D eigenvalue weighted by molar-refractivity contribution is -0.384. The number of aryl methyl sites for hydroxylation is 2. The van der Waals surface area contributed by atoms with Crippen LogP contribution >= 0.6 is 11.8 Å². The number of carbonyl (C=O) groups is 2. The van der Waals surface area contributed by atoms with Crippen molar-refractivity contribution in [3.63, 3.8) is 0 Å². The van der Waals surface area contributed by atoms with E-state index in [1.54, 1.807) is 18.2 Å². The van der Waals surface area contributed by atoms with Crippen LogP contribution in [0.3, 0.4) is 0 Å². The summed E-state index contributed by atoms with van der Waals surface area (Å²) in [7, 11) is 0. The van der Waals surface area contributed by atoms with Gasteiger partial charge in [0, 0.05) is 35.8 Å². The Morgan fingerprint density at radius 3 is 2.39 bits per heavy atom. The summed E-state index contributed by atoms with van der Waals surface area (Å²) in [5.41, 5.74) is 4.65. The molecule has 1 aromatic heterocycles. The van der Waals surface area contributed by atoms with Crippen molar-refractivity contribution in [2.45, 2.75) is 26.7 Å². The summed E-state index contributed by atoms with van der Waals surface area (Å²) in [6, 6.07) is 18.3. The fourth-order valence-corrected chi connectivity index (χ4v) is 4.83. The molecule has 7 nitrogen and oxygen atoms in total. The Kier molecular flexibility index (Phi) is 6.46. The van der Waals surface area contributed by atoms with Gasteiger partial charge in [-0.15, -0.1) is 0 Å². The maximum Gasteiger partial charge on any atom is 0.293 e. The van der Waals surface area contributed by atoms with E-state index in [4.69, 9.17) is 0 Å². The van der Waals surface area contributed by atoms with Gasteiger partial charge in [-0.25, -0.2) is 0 Å². The minimum Gasteiger partial charge on any atom is -0.318 e. The van der Waals surface area contributed by atoms with Crippen LogP contribution in [0, 0.1) is 24.0 Å². The van der Waals surface area contributed by atoms with Gasteiger partial charge in [-0.3, -0.25) is 24.6 Å². The third-order valence-electron chi connectivity index (χ3n) is 5.64. The number of non-ortho nitro benzene ring substituents is 1. The zero-order valence-corrected chi connectivity index (χ0v) is 19.2. The normalized spacial score (nSPS) is 15.0. The molecule has 0 saturated carbocycles. The zero-order chi connectivity index (χ0) is 23.5. The Hall–Kier alpha value is -3.65. The van der Waals surface area contributed by atoms with Crippen LogP contribution in [-0.4, -0.2) is 32.1 Å². The highest BCUT2D eigenvalue weighted by Gasteiger charge is 2.34. The molecule has 1 aliphatic rings. The second kappa shape index (κ2) is 9.46. The molecule has 1 saturated heterocycles. The van der Waals surface area contributed by atoms with E-state index in [1.165, 1.54) is 22.6 Å². The topological polar surface area (TPSA) is 85.5 Å². The summed E-state index contributed by atoms with van der Waals surface area (Å²) in [6.45, 7) is 4.24. The highest BCUT2D eigenvalue weighted by atomic mass is 32.2. The number of amides is 2. The minimum absolute atomic E-state index is 0.0300. The number of nitro groups is 1. The fraction of sp³-hybridized carbons (Fsp3) is 0.200. The van der Waals surface area contributed by atoms with Gasteiger partial charge in [0.1, 0.15) is 0 Å². The van der Waals surface area contributed by atoms with E-state index in [0.717, 1.165) is 40.8 Å². The number of benzene rings is 2. The van der Waals surface area contributed by atoms with Crippen LogP contribution in [0.2, 0.25) is 0 Å². The smallest absolute Gasteiger partial charge is 0.293 e. The van der Waals surface area contributed by atoms with Gasteiger partial charge in [-0.1, -0.05) is 30.3 Å². The van der Waals surface area contributed by atoms with Gasteiger partial charge in [0.25, 0.3) is 16.8 Å². The number of hydrogen-bond donors (Lipinski definition) is 0. The molecule has 0 aliphatic carbocycles. The quantitative estimate of drug-likeness (QED) is 0.257. The number of rotatable bonds is 7. The Morgan fingerprint density at radius 2 is 1.73 bits per heavy atom. The summed E-state index contributed by atoms with van der Waals surface area (Å²) < 4.78 is 1.97. The number of hydrogen-bond acceptors (Lipinski definition) is 5. The van der Waals surface area contributed by atoms with Gasteiger partial charge in [-0.2, -0.15) is 0 Å². The fourth-order valence-electron chi connectivity index (χ4n) is 3.97. The third-order valence-corrected chi connectivity index (χ3v) is 6.55. The highest BCUT2D eigenvalue weighted by Crippen LogP contribution is 2.34. The molecule has 2 heterocycles. The van der Waals surface area contributed by atoms with Crippen molar-refractivity contribution < 1.29 is 14.5 Å². The molecule has 4 rings (SSSR count). The van der Waals surface area contributed by atoms with Crippen LogP contribution in [0.1, 0.15) is 28.9 Å². The average molecular weight is 462 g/mol. The molecular formula is C25H23N3O4S. The predicted octanol–water partition coefficient (Wildman–Crippen LogP) is 5.67. The average Bonchev–Trinajstić information content (AvgIpc) is 3.23. The predicted molar refractivity (Wildman–Crippen MR) is 129 cm³/mol. The van der Waals surface area contributed by atoms with Crippen molar-refractivity contribution in [3.05, 3.63) is 98.2 Å². The van der Waals surface area contributed by atoms with Crippen molar-refractivity contribution in [2.75, 3.05) is 6.54 Å². The van der Waals surface area contributed by atoms with Gasteiger partial charge in [0.15, 0.2) is 0 Å². The second-order valence-corrected chi connectivity index (χ2v) is 8.85. The van der Waals surface area contributed by atoms with Crippen molar-refractivity contribution >= 4 is 34.7 Å². The van der Waals surface area contributed by atoms with Crippen LogP contribution in [0.25, 0.3) is 11.8 Å². The Labute approximate surface area is 195 Å². The number of aromatic nitrogens is 1. The molecule has 0 spiro atoms. The summed E-state index contributed by atoms with van der Waals surface area (Å²) in [5, 5.41) is 10.7. The van der Waals surface area contributed by atoms with Crippen LogP contribution in [-0.2, 0) is 11.2 Å². The Morgan fingerprint density at radius 1 is 1.03 bits per heavy atom. The van der Waals surface area contributed by atoms with E-state index in [-0.39, 0.29) is 16.8 Å². The van der Waals surface area contributed by atoms with Crippen LogP contribution in [0.15, 0.2) is 65.6 Å². The van der Waals surface area contributed by atoms with Gasteiger partial charge in [0.2, 0.25) is 0 Å². The second-order valence-electron chi connectivity index (χ2n) is 7.86. The molecule has 0 N–H and O–H groups in total. The molecule has 2 amide bonds. The third kappa shape index (κ3) is 4.75. The van der Waals surface area contributed by atoms with Crippen LogP contribution in [0.5, 0.6) is 0 Å². The molecule has 1 aliphatic heterocycles. The maximum absolute atomic E-state index is 12.9. The van der Waals surface area contributed by atoms with E-state index in [0.29, 0.717) is 17.9 Å². The van der Waals surface area contributed by atoms with E-state index < -0.39 is 4.92 Å². The highest BCUT2D eigenvalue weighted by molar-refractivity contribution is 8.18. The number of thioether (sulfide) groups is 1. The molecule has 0 bridgehead atoms. The summed E-state index contributed by atoms with van der Waals surface area (Å²) in [4.78, 5) is 37.6. The maximum atomic E-state index is 12.9. The van der Waals surface area contributed by atoms with Gasteiger partial charge in [-0.05, 0) is 73.9 Å². The number of carbonyl (C=O) groups excluding carboxylic acids is 2. The van der Waals surface area contributed by atoms with Crippen LogP contribution < -0.4 is 0 Å². The summed E-state index contributed by atoms with van der Waals surface area (Å²) in [5.74, 6) is -0.266. The molecule has 1 fully saturated rings. The lowest BCUT2D eigenvalue weighted by atomic mass is 10.1. The monoisotopic (exact) mass is 461 g/mol. The van der Waals surface area contributed by atoms with Crippen molar-refractivity contribution in [2.24, 2.45) is 0 Å². The molecule has 8 heteroatoms. The van der Waals surface area contributed by atoms with E-state index >= 15 is 0 Å². The lowest BCUT2D eigenvalue weighted by Gasteiger charge is -2.12. The standard InChI is InChI=1S/C25H23N3O4S/c1-17-15-20(18(2)27(17)21-10-12-22(13-11-21)28(31)32)16-23-24(29)26(25(30)33-23)14-6-9-19-7-4-3-5-8-19/h3-5,7-8,10-13,15-16H,6,9,14H2,1-2H3/b23-16-. The zero-order valence-electron chi connectivity index (χ0n) is 18.4. The number of imide groups is 1. The first-order valence-electron chi connectivity index (χ1n) is 10.6. The number of nitro benzene ring substituents is 1. The van der Waals surface area contributed by atoms with E-state index in [9.17, 15) is 19.7 Å². The molecule has 0 unspecified atom stereocenters. The molecule has 3 aromatic rings. The van der Waals surface area contributed by atoms with E-state index in [1.807, 2.05) is 54.8 Å². The van der Waals surface area contributed by atoms with Gasteiger partial charge < -0.3 is 4.57 Å². The molecule has 0 atom stereocenters. The SMILES string of the molecule is Cc1cc(/C=C2\SC(=O)N(CCCc3ccccc3)C2=O)c(C)n1-c1ccc([N+](=O)[O-])cc1. The first-order chi connectivity index (χ1) is 15.8. The van der Waals surface area contributed by atoms with Crippen molar-refractivity contribution in [1.82, 2.24) is 9.47 Å². The lowest BCUT2D eigenvalue weighted by Crippen LogP contribution is -2.29. The number of nitrogens with zero attached hydrogens (tertiary/aromatic N) is 3. The minimum atomic E-state index is -0.430. The van der Waals surface area contributed by atoms with Crippen molar-refractivity contribution in [3.8, 4) is 5.69 Å². The first-order valence-corrected chi connectivity index (χ1v) is 11.4. The molecule has 168 valence electrons. The van der Waals surface area contributed by atoms with Crippen LogP contribution in [0.4, 0.5) is 10.5 Å². The molecule has 2 aromatic carbocycles. The largest absolute Gasteiger partial charge is 0.318 e.